The van der Waals surface area contributed by atoms with E-state index in [0.29, 0.717) is 31.9 Å². The van der Waals surface area contributed by atoms with E-state index in [2.05, 4.69) is 0 Å². The van der Waals surface area contributed by atoms with Crippen molar-refractivity contribution >= 4 is 27.1 Å². The molecule has 1 unspecified atom stereocenters. The Kier molecular flexibility index (Phi) is 5.17. The van der Waals surface area contributed by atoms with E-state index in [1.807, 2.05) is 11.8 Å². The quantitative estimate of drug-likeness (QED) is 0.583. The minimum absolute atomic E-state index is 0.0454. The molecular formula is C17H23N3O5S. The van der Waals surface area contributed by atoms with Gasteiger partial charge in [-0.25, -0.2) is 8.42 Å². The summed E-state index contributed by atoms with van der Waals surface area (Å²) >= 11 is 0. The van der Waals surface area contributed by atoms with Crippen LogP contribution in [0.25, 0.3) is 0 Å². The van der Waals surface area contributed by atoms with E-state index in [1.165, 1.54) is 6.07 Å². The van der Waals surface area contributed by atoms with Crippen molar-refractivity contribution in [2.45, 2.75) is 19.8 Å². The molecular weight excluding hydrogens is 358 g/mol. The molecule has 9 heteroatoms. The van der Waals surface area contributed by atoms with E-state index >= 15 is 0 Å². The molecule has 0 N–H and O–H groups in total. The maximum absolute atomic E-state index is 12.7. The van der Waals surface area contributed by atoms with Crippen LogP contribution in [0.4, 0.5) is 11.4 Å². The molecule has 2 heterocycles. The number of likely N-dealkylation sites (tertiary alicyclic amines) is 1. The molecule has 2 aliphatic rings. The highest BCUT2D eigenvalue weighted by molar-refractivity contribution is 7.91. The maximum atomic E-state index is 12.7. The van der Waals surface area contributed by atoms with Gasteiger partial charge in [0, 0.05) is 37.9 Å². The molecule has 0 aromatic heterocycles. The number of amides is 1. The normalized spacial score (nSPS) is 22.9. The van der Waals surface area contributed by atoms with Crippen molar-refractivity contribution in [2.75, 3.05) is 42.6 Å². The van der Waals surface area contributed by atoms with Crippen molar-refractivity contribution in [1.29, 1.82) is 0 Å². The Hall–Kier alpha value is -2.16. The fourth-order valence-corrected chi connectivity index (χ4v) is 5.30. The Bertz CT molecular complexity index is 818. The summed E-state index contributed by atoms with van der Waals surface area (Å²) < 4.78 is 23.9. The lowest BCUT2D eigenvalue weighted by atomic mass is 10.1. The van der Waals surface area contributed by atoms with Crippen molar-refractivity contribution in [3.05, 3.63) is 33.9 Å². The van der Waals surface area contributed by atoms with E-state index in [4.69, 9.17) is 0 Å². The van der Waals surface area contributed by atoms with Crippen LogP contribution in [0.3, 0.4) is 0 Å². The lowest BCUT2D eigenvalue weighted by molar-refractivity contribution is -0.385. The molecule has 142 valence electrons. The maximum Gasteiger partial charge on any atom is 0.282 e. The number of carbonyl (C=O) groups excluding carboxylic acids is 1. The first-order chi connectivity index (χ1) is 12.3. The summed E-state index contributed by atoms with van der Waals surface area (Å²) in [5, 5.41) is 11.4. The number of sulfone groups is 1. The van der Waals surface area contributed by atoms with Gasteiger partial charge in [-0.2, -0.15) is 0 Å². The van der Waals surface area contributed by atoms with Crippen LogP contribution >= 0.6 is 0 Å². The van der Waals surface area contributed by atoms with Crippen molar-refractivity contribution in [3.8, 4) is 0 Å². The Morgan fingerprint density at radius 2 is 1.92 bits per heavy atom. The molecule has 2 saturated heterocycles. The molecule has 0 bridgehead atoms. The number of nitrogens with zero attached hydrogens (tertiary/aromatic N) is 3. The first kappa shape index (κ1) is 18.6. The summed E-state index contributed by atoms with van der Waals surface area (Å²) in [5.41, 5.74) is 0.525. The van der Waals surface area contributed by atoms with Crippen LogP contribution in [-0.2, 0) is 9.84 Å². The van der Waals surface area contributed by atoms with Crippen LogP contribution in [0.5, 0.6) is 0 Å². The van der Waals surface area contributed by atoms with Gasteiger partial charge in [-0.1, -0.05) is 6.92 Å². The molecule has 0 radical (unpaired) electrons. The molecule has 26 heavy (non-hydrogen) atoms. The molecule has 1 atom stereocenters. The van der Waals surface area contributed by atoms with Crippen LogP contribution in [0.2, 0.25) is 0 Å². The van der Waals surface area contributed by atoms with Gasteiger partial charge >= 0.3 is 0 Å². The topological polar surface area (TPSA) is 101 Å². The third-order valence-electron chi connectivity index (χ3n) is 4.91. The largest absolute Gasteiger partial charge is 0.370 e. The zero-order chi connectivity index (χ0) is 18.9. The molecule has 2 fully saturated rings. The van der Waals surface area contributed by atoms with E-state index in [9.17, 15) is 23.3 Å². The van der Waals surface area contributed by atoms with Crippen molar-refractivity contribution in [1.82, 2.24) is 4.90 Å². The van der Waals surface area contributed by atoms with Crippen molar-refractivity contribution in [2.24, 2.45) is 5.92 Å². The zero-order valence-corrected chi connectivity index (χ0v) is 15.6. The van der Waals surface area contributed by atoms with Gasteiger partial charge in [-0.15, -0.1) is 0 Å². The monoisotopic (exact) mass is 381 g/mol. The minimum atomic E-state index is -3.10. The average Bonchev–Trinajstić information content (AvgIpc) is 3.06. The average molecular weight is 381 g/mol. The number of anilines is 1. The summed E-state index contributed by atoms with van der Waals surface area (Å²) in [6, 6.07) is 4.50. The van der Waals surface area contributed by atoms with Gasteiger partial charge in [0.25, 0.3) is 11.6 Å². The van der Waals surface area contributed by atoms with Crippen LogP contribution in [0, 0.1) is 16.0 Å². The van der Waals surface area contributed by atoms with Gasteiger partial charge in [0.05, 0.1) is 16.4 Å². The SMILES string of the molecule is CC1CN(c2ccc([N+](=O)[O-])c(C(=O)N3CCCC3)c2)CCS(=O)(=O)C1. The molecule has 0 spiro atoms. The minimum Gasteiger partial charge on any atom is -0.370 e. The Morgan fingerprint density at radius 1 is 1.23 bits per heavy atom. The summed E-state index contributed by atoms with van der Waals surface area (Å²) in [4.78, 5) is 27.1. The number of hydrogen-bond acceptors (Lipinski definition) is 6. The molecule has 2 aliphatic heterocycles. The van der Waals surface area contributed by atoms with Crippen molar-refractivity contribution < 1.29 is 18.1 Å². The van der Waals surface area contributed by atoms with Crippen LogP contribution < -0.4 is 4.90 Å². The second kappa shape index (κ2) is 7.22. The molecule has 8 nitrogen and oxygen atoms in total. The molecule has 1 aromatic carbocycles. The smallest absolute Gasteiger partial charge is 0.282 e. The van der Waals surface area contributed by atoms with Gasteiger partial charge in [0.15, 0.2) is 9.84 Å². The molecule has 0 aliphatic carbocycles. The van der Waals surface area contributed by atoms with E-state index in [0.717, 1.165) is 12.8 Å². The summed E-state index contributed by atoms with van der Waals surface area (Å²) in [6.07, 6.45) is 1.81. The fourth-order valence-electron chi connectivity index (χ4n) is 3.66. The Morgan fingerprint density at radius 3 is 2.58 bits per heavy atom. The number of benzene rings is 1. The lowest BCUT2D eigenvalue weighted by Crippen LogP contribution is -2.31. The van der Waals surface area contributed by atoms with E-state index in [-0.39, 0.29) is 34.6 Å². The third-order valence-corrected chi connectivity index (χ3v) is 6.79. The first-order valence-corrected chi connectivity index (χ1v) is 10.6. The van der Waals surface area contributed by atoms with Crippen molar-refractivity contribution in [3.63, 3.8) is 0 Å². The third kappa shape index (κ3) is 3.98. The number of carbonyl (C=O) groups is 1. The molecule has 3 rings (SSSR count). The van der Waals surface area contributed by atoms with Crippen LogP contribution in [-0.4, -0.2) is 61.8 Å². The zero-order valence-electron chi connectivity index (χ0n) is 14.8. The second-order valence-corrected chi connectivity index (χ2v) is 9.35. The van der Waals surface area contributed by atoms with Gasteiger partial charge in [-0.3, -0.25) is 14.9 Å². The standard InChI is InChI=1S/C17H23N3O5S/c1-13-11-19(8-9-26(24,25)12-13)14-4-5-16(20(22)23)15(10-14)17(21)18-6-2-3-7-18/h4-5,10,13H,2-3,6-9,11-12H2,1H3. The number of hydrogen-bond donors (Lipinski definition) is 0. The molecule has 0 saturated carbocycles. The number of rotatable bonds is 3. The molecule has 1 aromatic rings. The highest BCUT2D eigenvalue weighted by Gasteiger charge is 2.29. The Labute approximate surface area is 152 Å². The van der Waals surface area contributed by atoms with Gasteiger partial charge in [0.2, 0.25) is 0 Å². The van der Waals surface area contributed by atoms with Crippen LogP contribution in [0.1, 0.15) is 30.1 Å². The predicted molar refractivity (Wildman–Crippen MR) is 98.3 cm³/mol. The first-order valence-electron chi connectivity index (χ1n) is 8.80. The van der Waals surface area contributed by atoms with Gasteiger partial charge in [0.1, 0.15) is 5.56 Å². The fraction of sp³-hybridized carbons (Fsp3) is 0.588. The molecule has 1 amide bonds. The second-order valence-electron chi connectivity index (χ2n) is 7.12. The number of nitro benzene ring substituents is 1. The summed E-state index contributed by atoms with van der Waals surface area (Å²) in [6.45, 7) is 3.95. The summed E-state index contributed by atoms with van der Waals surface area (Å²) in [5.74, 6) is -0.193. The van der Waals surface area contributed by atoms with E-state index < -0.39 is 14.8 Å². The van der Waals surface area contributed by atoms with Gasteiger partial charge in [-0.05, 0) is 30.9 Å². The highest BCUT2D eigenvalue weighted by atomic mass is 32.2. The van der Waals surface area contributed by atoms with Gasteiger partial charge < -0.3 is 9.80 Å². The van der Waals surface area contributed by atoms with E-state index in [1.54, 1.807) is 17.0 Å². The highest BCUT2D eigenvalue weighted by Crippen LogP contribution is 2.29. The summed E-state index contributed by atoms with van der Waals surface area (Å²) in [7, 11) is -3.10. The Balaban J connectivity index is 1.94. The van der Waals surface area contributed by atoms with Crippen LogP contribution in [0.15, 0.2) is 18.2 Å². The number of nitro groups is 1. The predicted octanol–water partition coefficient (Wildman–Crippen LogP) is 1.70. The lowest BCUT2D eigenvalue weighted by Gasteiger charge is -2.25.